The Bertz CT molecular complexity index is 1360. The summed E-state index contributed by atoms with van der Waals surface area (Å²) < 4.78 is 5.76. The van der Waals surface area contributed by atoms with Crippen LogP contribution in [0.25, 0.3) is 17.0 Å². The second-order valence-corrected chi connectivity index (χ2v) is 8.66. The van der Waals surface area contributed by atoms with Crippen molar-refractivity contribution in [2.24, 2.45) is 0 Å². The molecule has 2 heterocycles. The number of amides is 2. The van der Waals surface area contributed by atoms with Crippen LogP contribution in [0.1, 0.15) is 41.1 Å². The molecule has 1 N–H and O–H groups in total. The first-order chi connectivity index (χ1) is 16.5. The zero-order chi connectivity index (χ0) is 23.7. The maximum Gasteiger partial charge on any atom is 0.322 e. The summed E-state index contributed by atoms with van der Waals surface area (Å²) in [6.07, 6.45) is 0. The van der Waals surface area contributed by atoms with E-state index in [1.807, 2.05) is 93.6 Å². The molecule has 1 aliphatic heterocycles. The molecule has 4 aromatic rings. The number of nitrogens with one attached hydrogen (secondary N) is 1. The Kier molecular flexibility index (Phi) is 5.72. The molecular weight excluding hydrogens is 424 g/mol. The highest BCUT2D eigenvalue weighted by atomic mass is 16.5. The van der Waals surface area contributed by atoms with E-state index in [1.165, 1.54) is 0 Å². The first-order valence-corrected chi connectivity index (χ1v) is 11.3. The lowest BCUT2D eigenvalue weighted by atomic mass is 9.94. The van der Waals surface area contributed by atoms with E-state index in [0.717, 1.165) is 39.1 Å². The fourth-order valence-electron chi connectivity index (χ4n) is 4.29. The number of benzene rings is 3. The van der Waals surface area contributed by atoms with E-state index in [9.17, 15) is 4.79 Å². The minimum absolute atomic E-state index is 0.156. The average molecular weight is 451 g/mol. The molecule has 5 rings (SSSR count). The maximum atomic E-state index is 13.3. The van der Waals surface area contributed by atoms with Crippen LogP contribution in [-0.4, -0.2) is 21.1 Å². The van der Waals surface area contributed by atoms with Crippen molar-refractivity contribution in [1.29, 1.82) is 0 Å². The highest BCUT2D eigenvalue weighted by Gasteiger charge is 2.35. The second kappa shape index (κ2) is 8.98. The topological polar surface area (TPSA) is 71.3 Å². The largest absolute Gasteiger partial charge is 0.334 e. The van der Waals surface area contributed by atoms with Gasteiger partial charge in [-0.2, -0.15) is 4.98 Å². The molecule has 0 saturated heterocycles. The third-order valence-corrected chi connectivity index (χ3v) is 6.12. The highest BCUT2D eigenvalue weighted by Crippen LogP contribution is 2.38. The number of aromatic nitrogens is 2. The molecule has 6 heteroatoms. The number of carbonyl (C=O) groups excluding carboxylic acids is 1. The third-order valence-electron chi connectivity index (χ3n) is 6.12. The quantitative estimate of drug-likeness (QED) is 0.402. The Labute approximate surface area is 198 Å². The Morgan fingerprint density at radius 2 is 1.68 bits per heavy atom. The molecule has 0 spiro atoms. The molecule has 1 unspecified atom stereocenters. The lowest BCUT2D eigenvalue weighted by molar-refractivity contribution is 0.203. The number of urea groups is 1. The number of hydrogen-bond acceptors (Lipinski definition) is 4. The van der Waals surface area contributed by atoms with Crippen molar-refractivity contribution in [3.8, 4) is 11.4 Å². The second-order valence-electron chi connectivity index (χ2n) is 8.66. The zero-order valence-electron chi connectivity index (χ0n) is 19.4. The molecule has 1 aromatic heterocycles. The van der Waals surface area contributed by atoms with Crippen molar-refractivity contribution in [3.63, 3.8) is 0 Å². The summed E-state index contributed by atoms with van der Waals surface area (Å²) in [4.78, 5) is 19.7. The maximum absolute atomic E-state index is 13.3. The minimum atomic E-state index is -0.397. The summed E-state index contributed by atoms with van der Waals surface area (Å²) in [5, 5.41) is 7.39. The van der Waals surface area contributed by atoms with Gasteiger partial charge in [0, 0.05) is 11.3 Å². The third kappa shape index (κ3) is 4.22. The van der Waals surface area contributed by atoms with Crippen LogP contribution < -0.4 is 5.32 Å². The van der Waals surface area contributed by atoms with Crippen LogP contribution in [0.2, 0.25) is 0 Å². The average Bonchev–Trinajstić information content (AvgIpc) is 3.32. The van der Waals surface area contributed by atoms with Gasteiger partial charge in [-0.15, -0.1) is 0 Å². The molecule has 1 atom stereocenters. The van der Waals surface area contributed by atoms with Gasteiger partial charge < -0.3 is 9.84 Å². The molecule has 6 nitrogen and oxygen atoms in total. The van der Waals surface area contributed by atoms with Gasteiger partial charge in [0.2, 0.25) is 5.82 Å². The van der Waals surface area contributed by atoms with Crippen molar-refractivity contribution in [3.05, 3.63) is 113 Å². The summed E-state index contributed by atoms with van der Waals surface area (Å²) >= 11 is 0. The van der Waals surface area contributed by atoms with Crippen LogP contribution in [-0.2, 0) is 6.54 Å². The van der Waals surface area contributed by atoms with Crippen LogP contribution in [0.3, 0.4) is 0 Å². The molecule has 0 bridgehead atoms. The minimum Gasteiger partial charge on any atom is -0.334 e. The monoisotopic (exact) mass is 450 g/mol. The predicted molar refractivity (Wildman–Crippen MR) is 132 cm³/mol. The van der Waals surface area contributed by atoms with Gasteiger partial charge in [-0.05, 0) is 31.9 Å². The van der Waals surface area contributed by atoms with Gasteiger partial charge in [-0.3, -0.25) is 4.90 Å². The van der Waals surface area contributed by atoms with Gasteiger partial charge in [-0.1, -0.05) is 95.1 Å². The number of allylic oxidation sites excluding steroid dienone is 1. The number of carbonyl (C=O) groups is 1. The van der Waals surface area contributed by atoms with Crippen molar-refractivity contribution in [2.45, 2.75) is 33.4 Å². The normalized spacial score (nSPS) is 16.0. The highest BCUT2D eigenvalue weighted by molar-refractivity contribution is 5.86. The molecule has 1 aliphatic rings. The molecule has 2 amide bonds. The van der Waals surface area contributed by atoms with Gasteiger partial charge in [0.1, 0.15) is 0 Å². The lowest BCUT2D eigenvalue weighted by Crippen LogP contribution is -2.45. The van der Waals surface area contributed by atoms with E-state index in [1.54, 1.807) is 4.90 Å². The van der Waals surface area contributed by atoms with Crippen molar-refractivity contribution < 1.29 is 9.32 Å². The van der Waals surface area contributed by atoms with Gasteiger partial charge in [0.05, 0.1) is 18.2 Å². The van der Waals surface area contributed by atoms with E-state index in [0.29, 0.717) is 18.3 Å². The molecule has 0 radical (unpaired) electrons. The van der Waals surface area contributed by atoms with E-state index in [2.05, 4.69) is 16.5 Å². The van der Waals surface area contributed by atoms with Crippen LogP contribution in [0.15, 0.2) is 89.1 Å². The SMILES string of the molecule is CC1=C(c2nc(-c3ccccc3)no2)C(c2ccc(C)cc2)NC(=O)N1Cc1cccc(C)c1. The first-order valence-electron chi connectivity index (χ1n) is 11.3. The van der Waals surface area contributed by atoms with Crippen LogP contribution in [0.4, 0.5) is 4.79 Å². The Hall–Kier alpha value is -4.19. The molecule has 3 aromatic carbocycles. The van der Waals surface area contributed by atoms with Gasteiger partial charge in [-0.25, -0.2) is 4.79 Å². The van der Waals surface area contributed by atoms with Crippen LogP contribution in [0.5, 0.6) is 0 Å². The predicted octanol–water partition coefficient (Wildman–Crippen LogP) is 6.05. The molecule has 0 aliphatic carbocycles. The standard InChI is InChI=1S/C28H26N4O2/c1-18-12-14-22(15-13-18)25-24(27-30-26(31-34-27)23-10-5-4-6-11-23)20(3)32(28(33)29-25)17-21-9-7-8-19(2)16-21/h4-16,25H,17H2,1-3H3,(H,29,33). The molecule has 170 valence electrons. The Balaban J connectivity index is 1.60. The summed E-state index contributed by atoms with van der Waals surface area (Å²) in [5.41, 5.74) is 6.78. The summed E-state index contributed by atoms with van der Waals surface area (Å²) in [6.45, 7) is 6.48. The number of hydrogen-bond donors (Lipinski definition) is 1. The molecular formula is C28H26N4O2. The van der Waals surface area contributed by atoms with Crippen LogP contribution in [0, 0.1) is 13.8 Å². The molecule has 0 saturated carbocycles. The fraction of sp³-hybridized carbons (Fsp3) is 0.179. The number of rotatable bonds is 5. The Morgan fingerprint density at radius 1 is 0.912 bits per heavy atom. The van der Waals surface area contributed by atoms with Gasteiger partial charge in [0.15, 0.2) is 0 Å². The molecule has 34 heavy (non-hydrogen) atoms. The number of aryl methyl sites for hydroxylation is 2. The summed E-state index contributed by atoms with van der Waals surface area (Å²) in [6, 6.07) is 25.5. The van der Waals surface area contributed by atoms with E-state index >= 15 is 0 Å². The van der Waals surface area contributed by atoms with Crippen molar-refractivity contribution in [2.75, 3.05) is 0 Å². The van der Waals surface area contributed by atoms with E-state index < -0.39 is 6.04 Å². The smallest absolute Gasteiger partial charge is 0.322 e. The van der Waals surface area contributed by atoms with Crippen molar-refractivity contribution >= 4 is 11.6 Å². The first kappa shape index (κ1) is 21.6. The lowest BCUT2D eigenvalue weighted by Gasteiger charge is -2.35. The van der Waals surface area contributed by atoms with Crippen LogP contribution >= 0.6 is 0 Å². The summed E-state index contributed by atoms with van der Waals surface area (Å²) in [7, 11) is 0. The van der Waals surface area contributed by atoms with E-state index in [4.69, 9.17) is 9.51 Å². The van der Waals surface area contributed by atoms with Gasteiger partial charge >= 0.3 is 6.03 Å². The molecule has 0 fully saturated rings. The van der Waals surface area contributed by atoms with Gasteiger partial charge in [0.25, 0.3) is 5.89 Å². The zero-order valence-corrected chi connectivity index (χ0v) is 19.4. The Morgan fingerprint density at radius 3 is 2.41 bits per heavy atom. The fourth-order valence-corrected chi connectivity index (χ4v) is 4.29. The van der Waals surface area contributed by atoms with E-state index in [-0.39, 0.29) is 6.03 Å². The number of nitrogens with zero attached hydrogens (tertiary/aromatic N) is 3. The van der Waals surface area contributed by atoms with Crippen molar-refractivity contribution in [1.82, 2.24) is 20.4 Å². The summed E-state index contributed by atoms with van der Waals surface area (Å²) in [5.74, 6) is 0.914.